The van der Waals surface area contributed by atoms with E-state index < -0.39 is 24.6 Å². The van der Waals surface area contributed by atoms with Gasteiger partial charge in [-0.15, -0.1) is 6.58 Å². The average Bonchev–Trinajstić information content (AvgIpc) is 2.42. The first-order valence-corrected chi connectivity index (χ1v) is 5.80. The first-order chi connectivity index (χ1) is 8.73. The summed E-state index contributed by atoms with van der Waals surface area (Å²) in [6.45, 7) is 3.73. The van der Waals surface area contributed by atoms with Crippen molar-refractivity contribution in [1.29, 1.82) is 0 Å². The third kappa shape index (κ3) is 3.28. The number of aliphatic hydroxyl groups is 1. The standard InChI is InChI=1S/C12H22O6/c1-5-6-17-12-11(16-4)10(15-3)9(14-2)8(7-13)18-12/h5,8-13H,1,6-7H2,2-4H3. The first-order valence-electron chi connectivity index (χ1n) is 5.80. The van der Waals surface area contributed by atoms with Crippen LogP contribution in [-0.2, 0) is 23.7 Å². The Hall–Kier alpha value is -0.500. The topological polar surface area (TPSA) is 66.4 Å². The Morgan fingerprint density at radius 3 is 2.17 bits per heavy atom. The van der Waals surface area contributed by atoms with E-state index in [4.69, 9.17) is 23.7 Å². The maximum absolute atomic E-state index is 9.33. The Balaban J connectivity index is 2.83. The van der Waals surface area contributed by atoms with Gasteiger partial charge in [-0.1, -0.05) is 6.08 Å². The summed E-state index contributed by atoms with van der Waals surface area (Å²) in [5, 5.41) is 9.33. The van der Waals surface area contributed by atoms with Gasteiger partial charge in [0.15, 0.2) is 6.29 Å². The van der Waals surface area contributed by atoms with Crippen LogP contribution >= 0.6 is 0 Å². The molecule has 18 heavy (non-hydrogen) atoms. The van der Waals surface area contributed by atoms with Crippen LogP contribution in [0.1, 0.15) is 0 Å². The third-order valence-electron chi connectivity index (χ3n) is 2.97. The Morgan fingerprint density at radius 1 is 1.11 bits per heavy atom. The summed E-state index contributed by atoms with van der Waals surface area (Å²) in [6.07, 6.45) is -0.728. The van der Waals surface area contributed by atoms with Crippen LogP contribution in [0.5, 0.6) is 0 Å². The van der Waals surface area contributed by atoms with Crippen molar-refractivity contribution in [2.75, 3.05) is 34.5 Å². The summed E-state index contributed by atoms with van der Waals surface area (Å²) in [5.41, 5.74) is 0. The number of aliphatic hydroxyl groups excluding tert-OH is 1. The highest BCUT2D eigenvalue weighted by molar-refractivity contribution is 4.92. The van der Waals surface area contributed by atoms with E-state index in [0.29, 0.717) is 6.61 Å². The maximum atomic E-state index is 9.33. The molecule has 0 aromatic carbocycles. The fraction of sp³-hybridized carbons (Fsp3) is 0.833. The summed E-state index contributed by atoms with van der Waals surface area (Å²) >= 11 is 0. The van der Waals surface area contributed by atoms with E-state index in [0.717, 1.165) is 0 Å². The van der Waals surface area contributed by atoms with E-state index >= 15 is 0 Å². The van der Waals surface area contributed by atoms with E-state index in [9.17, 15) is 5.11 Å². The van der Waals surface area contributed by atoms with Crippen LogP contribution in [0.4, 0.5) is 0 Å². The van der Waals surface area contributed by atoms with E-state index in [1.54, 1.807) is 27.4 Å². The van der Waals surface area contributed by atoms with Gasteiger partial charge in [0.1, 0.15) is 24.4 Å². The zero-order chi connectivity index (χ0) is 13.5. The number of rotatable bonds is 7. The van der Waals surface area contributed by atoms with E-state index in [-0.39, 0.29) is 12.7 Å². The predicted octanol–water partition coefficient (Wildman–Crippen LogP) is -0.0488. The molecule has 5 unspecified atom stereocenters. The van der Waals surface area contributed by atoms with Gasteiger partial charge in [0, 0.05) is 21.3 Å². The van der Waals surface area contributed by atoms with E-state index in [1.807, 2.05) is 0 Å². The summed E-state index contributed by atoms with van der Waals surface area (Å²) in [5.74, 6) is 0. The molecule has 0 spiro atoms. The second kappa shape index (κ2) is 7.83. The lowest BCUT2D eigenvalue weighted by Gasteiger charge is -2.44. The van der Waals surface area contributed by atoms with Gasteiger partial charge in [-0.3, -0.25) is 0 Å². The van der Waals surface area contributed by atoms with Crippen molar-refractivity contribution < 1.29 is 28.8 Å². The van der Waals surface area contributed by atoms with Crippen LogP contribution in [0, 0.1) is 0 Å². The summed E-state index contributed by atoms with van der Waals surface area (Å²) < 4.78 is 27.2. The minimum absolute atomic E-state index is 0.178. The summed E-state index contributed by atoms with van der Waals surface area (Å²) in [6, 6.07) is 0. The normalized spacial score (nSPS) is 36.6. The smallest absolute Gasteiger partial charge is 0.187 e. The van der Waals surface area contributed by atoms with Crippen LogP contribution in [0.2, 0.25) is 0 Å². The molecule has 0 amide bonds. The highest BCUT2D eigenvalue weighted by Crippen LogP contribution is 2.27. The van der Waals surface area contributed by atoms with Crippen LogP contribution < -0.4 is 0 Å². The van der Waals surface area contributed by atoms with Gasteiger partial charge < -0.3 is 28.8 Å². The van der Waals surface area contributed by atoms with Crippen LogP contribution in [0.3, 0.4) is 0 Å². The summed E-state index contributed by atoms with van der Waals surface area (Å²) in [4.78, 5) is 0. The molecule has 0 saturated carbocycles. The van der Waals surface area contributed by atoms with Gasteiger partial charge in [0.05, 0.1) is 13.2 Å². The number of methoxy groups -OCH3 is 3. The molecule has 6 nitrogen and oxygen atoms in total. The number of ether oxygens (including phenoxy) is 5. The molecule has 0 bridgehead atoms. The average molecular weight is 262 g/mol. The Bertz CT molecular complexity index is 247. The molecule has 1 fully saturated rings. The highest BCUT2D eigenvalue weighted by Gasteiger charge is 2.47. The van der Waals surface area contributed by atoms with Crippen molar-refractivity contribution >= 4 is 0 Å². The van der Waals surface area contributed by atoms with Crippen molar-refractivity contribution in [3.63, 3.8) is 0 Å². The number of hydrogen-bond acceptors (Lipinski definition) is 6. The second-order valence-electron chi connectivity index (χ2n) is 3.95. The van der Waals surface area contributed by atoms with Crippen molar-refractivity contribution in [2.24, 2.45) is 0 Å². The summed E-state index contributed by atoms with van der Waals surface area (Å²) in [7, 11) is 4.66. The van der Waals surface area contributed by atoms with E-state index in [1.165, 1.54) is 0 Å². The molecule has 1 N–H and O–H groups in total. The number of hydrogen-bond donors (Lipinski definition) is 1. The maximum Gasteiger partial charge on any atom is 0.187 e. The molecule has 1 heterocycles. The Labute approximate surface area is 107 Å². The zero-order valence-corrected chi connectivity index (χ0v) is 11.1. The lowest BCUT2D eigenvalue weighted by atomic mass is 9.98. The van der Waals surface area contributed by atoms with Gasteiger partial charge in [0.25, 0.3) is 0 Å². The molecule has 106 valence electrons. The second-order valence-corrected chi connectivity index (χ2v) is 3.95. The largest absolute Gasteiger partial charge is 0.394 e. The molecule has 1 aliphatic heterocycles. The van der Waals surface area contributed by atoms with Gasteiger partial charge >= 0.3 is 0 Å². The quantitative estimate of drug-likeness (QED) is 0.649. The molecule has 1 saturated heterocycles. The predicted molar refractivity (Wildman–Crippen MR) is 64.3 cm³/mol. The highest BCUT2D eigenvalue weighted by atomic mass is 16.7. The Kier molecular flexibility index (Phi) is 6.77. The molecule has 6 heteroatoms. The van der Waals surface area contributed by atoms with Crippen LogP contribution in [0.25, 0.3) is 0 Å². The Morgan fingerprint density at radius 2 is 1.72 bits per heavy atom. The molecule has 0 radical (unpaired) electrons. The van der Waals surface area contributed by atoms with Crippen molar-refractivity contribution in [2.45, 2.75) is 30.7 Å². The molecule has 0 aliphatic carbocycles. The minimum atomic E-state index is -0.624. The van der Waals surface area contributed by atoms with Crippen molar-refractivity contribution in [3.8, 4) is 0 Å². The fourth-order valence-corrected chi connectivity index (χ4v) is 2.12. The molecular formula is C12H22O6. The van der Waals surface area contributed by atoms with Gasteiger partial charge in [0.2, 0.25) is 0 Å². The molecular weight excluding hydrogens is 240 g/mol. The molecule has 0 aromatic rings. The van der Waals surface area contributed by atoms with Gasteiger partial charge in [-0.25, -0.2) is 0 Å². The minimum Gasteiger partial charge on any atom is -0.394 e. The van der Waals surface area contributed by atoms with Crippen molar-refractivity contribution in [1.82, 2.24) is 0 Å². The SMILES string of the molecule is C=CCOC1OC(CO)C(OC)C(OC)C1OC. The van der Waals surface area contributed by atoms with E-state index in [2.05, 4.69) is 6.58 Å². The monoisotopic (exact) mass is 262 g/mol. The first kappa shape index (κ1) is 15.6. The van der Waals surface area contributed by atoms with Gasteiger partial charge in [-0.2, -0.15) is 0 Å². The van der Waals surface area contributed by atoms with Gasteiger partial charge in [-0.05, 0) is 0 Å². The van der Waals surface area contributed by atoms with Crippen LogP contribution in [-0.4, -0.2) is 70.4 Å². The third-order valence-corrected chi connectivity index (χ3v) is 2.97. The van der Waals surface area contributed by atoms with Crippen molar-refractivity contribution in [3.05, 3.63) is 12.7 Å². The molecule has 1 aliphatic rings. The van der Waals surface area contributed by atoms with Crippen LogP contribution in [0.15, 0.2) is 12.7 Å². The molecule has 5 atom stereocenters. The molecule has 0 aromatic heterocycles. The fourth-order valence-electron chi connectivity index (χ4n) is 2.12. The zero-order valence-electron chi connectivity index (χ0n) is 11.1. The lowest BCUT2D eigenvalue weighted by molar-refractivity contribution is -0.310. The lowest BCUT2D eigenvalue weighted by Crippen LogP contribution is -2.61. The molecule has 1 rings (SSSR count).